The molecule has 0 aliphatic rings. The maximum Gasteiger partial charge on any atom is 0.0549 e. The third-order valence-corrected chi connectivity index (χ3v) is 2.95. The highest BCUT2D eigenvalue weighted by Crippen LogP contribution is 2.16. The summed E-state index contributed by atoms with van der Waals surface area (Å²) in [5, 5.41) is 6.79. The number of rotatable bonds is 8. The van der Waals surface area contributed by atoms with Crippen LogP contribution in [0.2, 0.25) is 0 Å². The second-order valence-electron chi connectivity index (χ2n) is 5.36. The van der Waals surface area contributed by atoms with Gasteiger partial charge in [0, 0.05) is 12.6 Å². The number of nitrogens with one attached hydrogen (secondary N) is 2. The van der Waals surface area contributed by atoms with E-state index >= 15 is 0 Å². The normalized spacial score (nSPS) is 12.5. The van der Waals surface area contributed by atoms with E-state index in [1.54, 1.807) is 0 Å². The lowest BCUT2D eigenvalue weighted by Crippen LogP contribution is -2.15. The van der Waals surface area contributed by atoms with Crippen LogP contribution in [0.1, 0.15) is 47.0 Å². The Morgan fingerprint density at radius 3 is 2.50 bits per heavy atom. The van der Waals surface area contributed by atoms with Crippen molar-refractivity contribution in [2.45, 2.75) is 53.0 Å². The summed E-state index contributed by atoms with van der Waals surface area (Å²) < 4.78 is 0. The van der Waals surface area contributed by atoms with Crippen LogP contribution in [0.3, 0.4) is 0 Å². The fourth-order valence-electron chi connectivity index (χ4n) is 2.01. The molecule has 1 aromatic rings. The Hall–Kier alpha value is -1.25. The summed E-state index contributed by atoms with van der Waals surface area (Å²) in [4.78, 5) is 4.24. The van der Waals surface area contributed by atoms with Gasteiger partial charge in [0.1, 0.15) is 0 Å². The minimum atomic E-state index is 0.502. The molecule has 0 saturated heterocycles. The van der Waals surface area contributed by atoms with Crippen molar-refractivity contribution in [3.05, 3.63) is 18.5 Å². The molecule has 1 atom stereocenters. The first-order chi connectivity index (χ1) is 8.61. The Morgan fingerprint density at radius 1 is 1.11 bits per heavy atom. The summed E-state index contributed by atoms with van der Waals surface area (Å²) in [6.07, 6.45) is 7.55. The molecule has 0 saturated carbocycles. The third kappa shape index (κ3) is 5.89. The van der Waals surface area contributed by atoms with Crippen LogP contribution in [0.4, 0.5) is 11.4 Å². The fraction of sp³-hybridized carbons (Fsp3) is 0.667. The predicted octanol–water partition coefficient (Wildman–Crippen LogP) is 4.14. The van der Waals surface area contributed by atoms with Gasteiger partial charge in [-0.05, 0) is 32.3 Å². The minimum Gasteiger partial charge on any atom is -0.384 e. The molecule has 0 bridgehead atoms. The van der Waals surface area contributed by atoms with Crippen molar-refractivity contribution in [3.63, 3.8) is 0 Å². The van der Waals surface area contributed by atoms with Crippen LogP contribution >= 0.6 is 0 Å². The molecule has 102 valence electrons. The largest absolute Gasteiger partial charge is 0.384 e. The van der Waals surface area contributed by atoms with Crippen molar-refractivity contribution in [2.75, 3.05) is 17.2 Å². The van der Waals surface area contributed by atoms with E-state index < -0.39 is 0 Å². The van der Waals surface area contributed by atoms with Crippen molar-refractivity contribution in [2.24, 2.45) is 5.92 Å². The van der Waals surface area contributed by atoms with Crippen molar-refractivity contribution < 1.29 is 0 Å². The van der Waals surface area contributed by atoms with E-state index in [1.165, 1.54) is 19.3 Å². The van der Waals surface area contributed by atoms with Crippen LogP contribution < -0.4 is 10.6 Å². The molecule has 0 fully saturated rings. The molecule has 2 N–H and O–H groups in total. The smallest absolute Gasteiger partial charge is 0.0549 e. The Labute approximate surface area is 111 Å². The van der Waals surface area contributed by atoms with Gasteiger partial charge in [0.2, 0.25) is 0 Å². The van der Waals surface area contributed by atoms with Gasteiger partial charge in [-0.25, -0.2) is 0 Å². The van der Waals surface area contributed by atoms with Crippen LogP contribution in [-0.2, 0) is 0 Å². The van der Waals surface area contributed by atoms with Crippen LogP contribution in [0.15, 0.2) is 18.5 Å². The lowest BCUT2D eigenvalue weighted by atomic mass is 10.0. The molecule has 0 aromatic carbocycles. The number of hydrogen-bond acceptors (Lipinski definition) is 3. The van der Waals surface area contributed by atoms with E-state index in [1.807, 2.05) is 12.4 Å². The molecular formula is C15H27N3. The zero-order chi connectivity index (χ0) is 13.4. The lowest BCUT2D eigenvalue weighted by molar-refractivity contribution is 0.520. The lowest BCUT2D eigenvalue weighted by Gasteiger charge is -2.16. The Balaban J connectivity index is 2.38. The first-order valence-electron chi connectivity index (χ1n) is 7.07. The van der Waals surface area contributed by atoms with Gasteiger partial charge in [0.15, 0.2) is 0 Å². The second-order valence-corrected chi connectivity index (χ2v) is 5.36. The van der Waals surface area contributed by atoms with Crippen LogP contribution in [0.25, 0.3) is 0 Å². The molecule has 0 aliphatic carbocycles. The van der Waals surface area contributed by atoms with Gasteiger partial charge in [-0.2, -0.15) is 0 Å². The van der Waals surface area contributed by atoms with E-state index in [0.29, 0.717) is 6.04 Å². The summed E-state index contributed by atoms with van der Waals surface area (Å²) in [6.45, 7) is 9.81. The van der Waals surface area contributed by atoms with Gasteiger partial charge < -0.3 is 10.6 Å². The number of nitrogens with zero attached hydrogens (tertiary/aromatic N) is 1. The average Bonchev–Trinajstić information content (AvgIpc) is 2.29. The van der Waals surface area contributed by atoms with E-state index in [-0.39, 0.29) is 0 Å². The molecular weight excluding hydrogens is 222 g/mol. The highest BCUT2D eigenvalue weighted by molar-refractivity contribution is 5.54. The minimum absolute atomic E-state index is 0.502. The average molecular weight is 249 g/mol. The summed E-state index contributed by atoms with van der Waals surface area (Å²) in [5.74, 6) is 0.802. The van der Waals surface area contributed by atoms with Crippen molar-refractivity contribution in [1.29, 1.82) is 0 Å². The Morgan fingerprint density at radius 2 is 1.83 bits per heavy atom. The molecule has 1 aromatic heterocycles. The zero-order valence-electron chi connectivity index (χ0n) is 12.2. The van der Waals surface area contributed by atoms with Crippen LogP contribution in [-0.4, -0.2) is 17.6 Å². The van der Waals surface area contributed by atoms with E-state index in [9.17, 15) is 0 Å². The van der Waals surface area contributed by atoms with E-state index in [2.05, 4.69) is 49.4 Å². The highest BCUT2D eigenvalue weighted by atomic mass is 14.9. The van der Waals surface area contributed by atoms with Gasteiger partial charge >= 0.3 is 0 Å². The SMILES string of the molecule is CCNc1cncc(NC(C)CCCC(C)C)c1. The van der Waals surface area contributed by atoms with Crippen molar-refractivity contribution in [1.82, 2.24) is 4.98 Å². The van der Waals surface area contributed by atoms with E-state index in [4.69, 9.17) is 0 Å². The molecule has 0 radical (unpaired) electrons. The molecule has 18 heavy (non-hydrogen) atoms. The van der Waals surface area contributed by atoms with Crippen molar-refractivity contribution >= 4 is 11.4 Å². The quantitative estimate of drug-likeness (QED) is 0.727. The summed E-state index contributed by atoms with van der Waals surface area (Å²) in [6, 6.07) is 2.62. The number of aromatic nitrogens is 1. The standard InChI is InChI=1S/C15H27N3/c1-5-17-14-9-15(11-16-10-14)18-13(4)8-6-7-12(2)3/h9-13,17-18H,5-8H2,1-4H3. The van der Waals surface area contributed by atoms with Crippen LogP contribution in [0, 0.1) is 5.92 Å². The monoisotopic (exact) mass is 249 g/mol. The molecule has 3 nitrogen and oxygen atoms in total. The van der Waals surface area contributed by atoms with Gasteiger partial charge in [-0.15, -0.1) is 0 Å². The number of anilines is 2. The van der Waals surface area contributed by atoms with Gasteiger partial charge in [-0.3, -0.25) is 4.98 Å². The van der Waals surface area contributed by atoms with Crippen LogP contribution in [0.5, 0.6) is 0 Å². The summed E-state index contributed by atoms with van der Waals surface area (Å²) >= 11 is 0. The highest BCUT2D eigenvalue weighted by Gasteiger charge is 2.04. The van der Waals surface area contributed by atoms with E-state index in [0.717, 1.165) is 23.8 Å². The molecule has 0 spiro atoms. The topological polar surface area (TPSA) is 37.0 Å². The molecule has 0 aliphatic heterocycles. The molecule has 1 unspecified atom stereocenters. The van der Waals surface area contributed by atoms with Gasteiger partial charge in [-0.1, -0.05) is 26.7 Å². The predicted molar refractivity (Wildman–Crippen MR) is 80.2 cm³/mol. The first kappa shape index (κ1) is 14.8. The summed E-state index contributed by atoms with van der Waals surface area (Å²) in [7, 11) is 0. The van der Waals surface area contributed by atoms with Gasteiger partial charge in [0.05, 0.1) is 23.8 Å². The zero-order valence-corrected chi connectivity index (χ0v) is 12.2. The maximum atomic E-state index is 4.24. The Bertz CT molecular complexity index is 336. The number of hydrogen-bond donors (Lipinski definition) is 2. The molecule has 1 rings (SSSR count). The number of pyridine rings is 1. The fourth-order valence-corrected chi connectivity index (χ4v) is 2.01. The Kier molecular flexibility index (Phi) is 6.55. The van der Waals surface area contributed by atoms with Crippen molar-refractivity contribution in [3.8, 4) is 0 Å². The summed E-state index contributed by atoms with van der Waals surface area (Å²) in [5.41, 5.74) is 2.18. The second kappa shape index (κ2) is 7.96. The third-order valence-electron chi connectivity index (χ3n) is 2.95. The first-order valence-corrected chi connectivity index (χ1v) is 7.07. The van der Waals surface area contributed by atoms with Gasteiger partial charge in [0.25, 0.3) is 0 Å². The maximum absolute atomic E-state index is 4.24. The molecule has 3 heteroatoms. The molecule has 0 amide bonds. The molecule has 1 heterocycles.